The molecule has 0 spiro atoms. The molecule has 0 bridgehead atoms. The van der Waals surface area contributed by atoms with Gasteiger partial charge in [-0.25, -0.2) is 4.98 Å². The van der Waals surface area contributed by atoms with E-state index in [1.807, 2.05) is 40.6 Å². The smallest absolute Gasteiger partial charge is 0.247 e. The third-order valence-electron chi connectivity index (χ3n) is 4.04. The number of amides is 1. The number of rotatable bonds is 5. The Balaban J connectivity index is 1.51. The Bertz CT molecular complexity index is 885. The van der Waals surface area contributed by atoms with Crippen LogP contribution in [0, 0.1) is 0 Å². The van der Waals surface area contributed by atoms with Crippen LogP contribution in [0.2, 0.25) is 0 Å². The molecule has 1 aliphatic carbocycles. The van der Waals surface area contributed by atoms with Gasteiger partial charge in [-0.05, 0) is 42.5 Å². The van der Waals surface area contributed by atoms with E-state index in [1.165, 1.54) is 4.88 Å². The van der Waals surface area contributed by atoms with Crippen LogP contribution in [0.5, 0.6) is 0 Å². The van der Waals surface area contributed by atoms with E-state index < -0.39 is 0 Å². The maximum absolute atomic E-state index is 12.6. The van der Waals surface area contributed by atoms with Crippen LogP contribution >= 0.6 is 11.3 Å². The maximum Gasteiger partial charge on any atom is 0.247 e. The van der Waals surface area contributed by atoms with E-state index in [4.69, 9.17) is 0 Å². The van der Waals surface area contributed by atoms with Crippen LogP contribution in [0.3, 0.4) is 0 Å². The van der Waals surface area contributed by atoms with Crippen LogP contribution in [0.4, 0.5) is 0 Å². The maximum atomic E-state index is 12.6. The largest absolute Gasteiger partial charge is 0.331 e. The van der Waals surface area contributed by atoms with Gasteiger partial charge < -0.3 is 4.90 Å². The highest BCUT2D eigenvalue weighted by Gasteiger charge is 2.31. The fourth-order valence-corrected chi connectivity index (χ4v) is 3.35. The molecular formula is C19H17N3OS. The Morgan fingerprint density at radius 3 is 2.79 bits per heavy atom. The Morgan fingerprint density at radius 2 is 2.04 bits per heavy atom. The van der Waals surface area contributed by atoms with E-state index >= 15 is 0 Å². The monoisotopic (exact) mass is 335 g/mol. The van der Waals surface area contributed by atoms with Crippen molar-refractivity contribution >= 4 is 34.4 Å². The van der Waals surface area contributed by atoms with Gasteiger partial charge in [0.25, 0.3) is 0 Å². The SMILES string of the molecule is O=C(/C=C/c1cnc2ccccc2n1)N(Cc1cccs1)C1CC1. The molecule has 24 heavy (non-hydrogen) atoms. The number of para-hydroxylation sites is 2. The summed E-state index contributed by atoms with van der Waals surface area (Å²) in [7, 11) is 0. The Hall–Kier alpha value is -2.53. The normalized spacial score (nSPS) is 14.3. The molecule has 1 fully saturated rings. The van der Waals surface area contributed by atoms with Crippen molar-refractivity contribution in [2.75, 3.05) is 0 Å². The second kappa shape index (κ2) is 6.53. The third-order valence-corrected chi connectivity index (χ3v) is 4.90. The number of carbonyl (C=O) groups excluding carboxylic acids is 1. The topological polar surface area (TPSA) is 46.1 Å². The molecule has 2 heterocycles. The summed E-state index contributed by atoms with van der Waals surface area (Å²) in [6, 6.07) is 12.2. The second-order valence-corrected chi connectivity index (χ2v) is 6.93. The van der Waals surface area contributed by atoms with Crippen LogP contribution in [-0.4, -0.2) is 26.8 Å². The van der Waals surface area contributed by atoms with Crippen molar-refractivity contribution in [3.05, 3.63) is 64.6 Å². The van der Waals surface area contributed by atoms with Crippen molar-refractivity contribution in [1.29, 1.82) is 0 Å². The first-order valence-corrected chi connectivity index (χ1v) is 8.90. The third kappa shape index (κ3) is 3.36. The fraction of sp³-hybridized carbons (Fsp3) is 0.211. The standard InChI is InChI=1S/C19H17N3OS/c23-19(22(15-8-9-15)13-16-4-3-11-24-16)10-7-14-12-20-17-5-1-2-6-18(17)21-14/h1-7,10-12,15H,8-9,13H2/b10-7+. The van der Waals surface area contributed by atoms with Gasteiger partial charge in [-0.2, -0.15) is 0 Å². The first-order valence-electron chi connectivity index (χ1n) is 8.02. The van der Waals surface area contributed by atoms with Crippen molar-refractivity contribution in [2.45, 2.75) is 25.4 Å². The first kappa shape index (κ1) is 15.0. The molecule has 4 nitrogen and oxygen atoms in total. The molecule has 1 saturated carbocycles. The first-order chi connectivity index (χ1) is 11.8. The fourth-order valence-electron chi connectivity index (χ4n) is 2.65. The van der Waals surface area contributed by atoms with E-state index in [0.29, 0.717) is 18.3 Å². The van der Waals surface area contributed by atoms with Gasteiger partial charge in [-0.1, -0.05) is 18.2 Å². The Morgan fingerprint density at radius 1 is 1.21 bits per heavy atom. The minimum absolute atomic E-state index is 0.0425. The number of hydrogen-bond donors (Lipinski definition) is 0. The van der Waals surface area contributed by atoms with Crippen LogP contribution in [0.1, 0.15) is 23.4 Å². The summed E-state index contributed by atoms with van der Waals surface area (Å²) in [6.07, 6.45) is 7.27. The number of carbonyl (C=O) groups is 1. The number of aromatic nitrogens is 2. The molecule has 0 saturated heterocycles. The molecule has 5 heteroatoms. The summed E-state index contributed by atoms with van der Waals surface area (Å²) in [5, 5.41) is 2.05. The van der Waals surface area contributed by atoms with Crippen molar-refractivity contribution < 1.29 is 4.79 Å². The van der Waals surface area contributed by atoms with E-state index in [0.717, 1.165) is 23.9 Å². The summed E-state index contributed by atoms with van der Waals surface area (Å²) in [4.78, 5) is 24.7. The van der Waals surface area contributed by atoms with Crippen molar-refractivity contribution in [3.63, 3.8) is 0 Å². The van der Waals surface area contributed by atoms with Crippen LogP contribution in [-0.2, 0) is 11.3 Å². The molecule has 120 valence electrons. The minimum Gasteiger partial charge on any atom is -0.331 e. The molecule has 1 aromatic carbocycles. The number of thiophene rings is 1. The average Bonchev–Trinajstić information content (AvgIpc) is 3.33. The lowest BCUT2D eigenvalue weighted by Crippen LogP contribution is -2.30. The zero-order valence-corrected chi connectivity index (χ0v) is 13.9. The number of benzene rings is 1. The highest BCUT2D eigenvalue weighted by molar-refractivity contribution is 7.09. The lowest BCUT2D eigenvalue weighted by atomic mass is 10.3. The highest BCUT2D eigenvalue weighted by atomic mass is 32.1. The van der Waals surface area contributed by atoms with Gasteiger partial charge in [0, 0.05) is 17.0 Å². The van der Waals surface area contributed by atoms with E-state index in [2.05, 4.69) is 16.0 Å². The summed E-state index contributed by atoms with van der Waals surface area (Å²) >= 11 is 1.69. The molecular weight excluding hydrogens is 318 g/mol. The minimum atomic E-state index is 0.0425. The summed E-state index contributed by atoms with van der Waals surface area (Å²) in [5.41, 5.74) is 2.40. The Labute approximate surface area is 144 Å². The quantitative estimate of drug-likeness (QED) is 0.664. The van der Waals surface area contributed by atoms with Gasteiger partial charge in [0.2, 0.25) is 5.91 Å². The summed E-state index contributed by atoms with van der Waals surface area (Å²) in [5.74, 6) is 0.0425. The molecule has 0 radical (unpaired) electrons. The molecule has 0 unspecified atom stereocenters. The predicted molar refractivity (Wildman–Crippen MR) is 96.5 cm³/mol. The van der Waals surface area contributed by atoms with Gasteiger partial charge in [0.05, 0.1) is 29.5 Å². The summed E-state index contributed by atoms with van der Waals surface area (Å²) < 4.78 is 0. The molecule has 2 aromatic heterocycles. The zero-order valence-electron chi connectivity index (χ0n) is 13.1. The highest BCUT2D eigenvalue weighted by Crippen LogP contribution is 2.29. The molecule has 0 aliphatic heterocycles. The van der Waals surface area contributed by atoms with Crippen LogP contribution in [0.25, 0.3) is 17.1 Å². The van der Waals surface area contributed by atoms with Crippen molar-refractivity contribution in [2.24, 2.45) is 0 Å². The molecule has 4 rings (SSSR count). The molecule has 0 N–H and O–H groups in total. The second-order valence-electron chi connectivity index (χ2n) is 5.89. The molecule has 0 atom stereocenters. The molecule has 1 amide bonds. The van der Waals surface area contributed by atoms with Gasteiger partial charge >= 0.3 is 0 Å². The van der Waals surface area contributed by atoms with E-state index in [9.17, 15) is 4.79 Å². The van der Waals surface area contributed by atoms with Gasteiger partial charge in [-0.15, -0.1) is 11.3 Å². The van der Waals surface area contributed by atoms with Crippen molar-refractivity contribution in [3.8, 4) is 0 Å². The van der Waals surface area contributed by atoms with Gasteiger partial charge in [-0.3, -0.25) is 9.78 Å². The molecule has 3 aromatic rings. The van der Waals surface area contributed by atoms with Gasteiger partial charge in [0.15, 0.2) is 0 Å². The zero-order chi connectivity index (χ0) is 16.4. The lowest BCUT2D eigenvalue weighted by molar-refractivity contribution is -0.127. The van der Waals surface area contributed by atoms with E-state index in [-0.39, 0.29) is 5.91 Å². The lowest BCUT2D eigenvalue weighted by Gasteiger charge is -2.19. The number of fused-ring (bicyclic) bond motifs is 1. The average molecular weight is 335 g/mol. The number of nitrogens with zero attached hydrogens (tertiary/aromatic N) is 3. The van der Waals surface area contributed by atoms with Crippen LogP contribution in [0.15, 0.2) is 54.1 Å². The number of hydrogen-bond acceptors (Lipinski definition) is 4. The predicted octanol–water partition coefficient (Wildman–Crippen LogP) is 3.90. The van der Waals surface area contributed by atoms with Gasteiger partial charge in [0.1, 0.15) is 0 Å². The van der Waals surface area contributed by atoms with Crippen LogP contribution < -0.4 is 0 Å². The van der Waals surface area contributed by atoms with Crippen molar-refractivity contribution in [1.82, 2.24) is 14.9 Å². The summed E-state index contributed by atoms with van der Waals surface area (Å²) in [6.45, 7) is 0.689. The van der Waals surface area contributed by atoms with E-state index in [1.54, 1.807) is 29.7 Å². The Kier molecular flexibility index (Phi) is 4.09. The molecule has 1 aliphatic rings.